The second-order valence-electron chi connectivity index (χ2n) is 5.57. The molecule has 0 amide bonds. The van der Waals surface area contributed by atoms with Gasteiger partial charge in [-0.15, -0.1) is 23.4 Å². The van der Waals surface area contributed by atoms with Crippen molar-refractivity contribution in [1.82, 2.24) is 14.8 Å². The van der Waals surface area contributed by atoms with Gasteiger partial charge in [-0.1, -0.05) is 23.9 Å². The molecule has 3 aromatic rings. The summed E-state index contributed by atoms with van der Waals surface area (Å²) in [6.45, 7) is 0. The van der Waals surface area contributed by atoms with Gasteiger partial charge in [0.2, 0.25) is 0 Å². The Labute approximate surface area is 158 Å². The predicted molar refractivity (Wildman–Crippen MR) is 95.7 cm³/mol. The Balaban J connectivity index is 1.65. The van der Waals surface area contributed by atoms with Crippen LogP contribution in [0.3, 0.4) is 0 Å². The van der Waals surface area contributed by atoms with E-state index in [2.05, 4.69) is 14.9 Å². The standard InChI is InChI=1S/C18H16F3N3O2S/c1-24-16(13-5-9-14(25-2)10-6-13)22-23-17(24)27-11-12-3-7-15(8-4-12)26-18(19,20)21/h3-10H,11H2,1-2H3. The first-order valence-electron chi connectivity index (χ1n) is 7.87. The number of ether oxygens (including phenoxy) is 2. The summed E-state index contributed by atoms with van der Waals surface area (Å²) in [5.74, 6) is 1.78. The number of alkyl halides is 3. The number of aromatic nitrogens is 3. The number of benzene rings is 2. The van der Waals surface area contributed by atoms with Crippen molar-refractivity contribution in [3.05, 3.63) is 54.1 Å². The highest BCUT2D eigenvalue weighted by Crippen LogP contribution is 2.28. The zero-order chi connectivity index (χ0) is 19.4. The van der Waals surface area contributed by atoms with E-state index in [1.165, 1.54) is 23.9 Å². The molecule has 1 aromatic heterocycles. The van der Waals surface area contributed by atoms with Crippen LogP contribution in [0.15, 0.2) is 53.7 Å². The number of nitrogens with zero attached hydrogens (tertiary/aromatic N) is 3. The molecule has 0 spiro atoms. The van der Waals surface area contributed by atoms with Crippen LogP contribution in [0.25, 0.3) is 11.4 Å². The van der Waals surface area contributed by atoms with Crippen molar-refractivity contribution in [2.75, 3.05) is 7.11 Å². The van der Waals surface area contributed by atoms with E-state index in [1.54, 1.807) is 19.2 Å². The minimum atomic E-state index is -4.69. The van der Waals surface area contributed by atoms with Crippen molar-refractivity contribution in [3.8, 4) is 22.9 Å². The van der Waals surface area contributed by atoms with E-state index >= 15 is 0 Å². The zero-order valence-corrected chi connectivity index (χ0v) is 15.3. The summed E-state index contributed by atoms with van der Waals surface area (Å²) in [5.41, 5.74) is 1.76. The number of hydrogen-bond donors (Lipinski definition) is 0. The third kappa shape index (κ3) is 4.94. The first-order chi connectivity index (χ1) is 12.9. The number of rotatable bonds is 6. The molecule has 0 aliphatic rings. The molecule has 0 fully saturated rings. The third-order valence-electron chi connectivity index (χ3n) is 3.71. The quantitative estimate of drug-likeness (QED) is 0.567. The summed E-state index contributed by atoms with van der Waals surface area (Å²) in [4.78, 5) is 0. The Morgan fingerprint density at radius 1 is 0.963 bits per heavy atom. The fourth-order valence-corrected chi connectivity index (χ4v) is 3.23. The lowest BCUT2D eigenvalue weighted by molar-refractivity contribution is -0.274. The van der Waals surface area contributed by atoms with Gasteiger partial charge in [0.25, 0.3) is 0 Å². The first-order valence-corrected chi connectivity index (χ1v) is 8.85. The molecule has 0 saturated heterocycles. The summed E-state index contributed by atoms with van der Waals surface area (Å²) in [6.07, 6.45) is -4.69. The molecule has 9 heteroatoms. The Kier molecular flexibility index (Phi) is 5.59. The molecule has 0 saturated carbocycles. The van der Waals surface area contributed by atoms with Gasteiger partial charge >= 0.3 is 6.36 Å². The Bertz CT molecular complexity index is 894. The molecule has 2 aromatic carbocycles. The zero-order valence-electron chi connectivity index (χ0n) is 14.5. The van der Waals surface area contributed by atoms with Gasteiger partial charge in [-0.3, -0.25) is 0 Å². The van der Waals surface area contributed by atoms with Crippen LogP contribution in [0.5, 0.6) is 11.5 Å². The monoisotopic (exact) mass is 395 g/mol. The first kappa shape index (κ1) is 19.1. The highest BCUT2D eigenvalue weighted by molar-refractivity contribution is 7.98. The van der Waals surface area contributed by atoms with Crippen LogP contribution in [-0.2, 0) is 12.8 Å². The summed E-state index contributed by atoms with van der Waals surface area (Å²) in [5, 5.41) is 9.11. The molecule has 0 radical (unpaired) electrons. The van der Waals surface area contributed by atoms with Crippen LogP contribution < -0.4 is 9.47 Å². The maximum absolute atomic E-state index is 12.2. The molecular weight excluding hydrogens is 379 g/mol. The molecule has 0 N–H and O–H groups in total. The summed E-state index contributed by atoms with van der Waals surface area (Å²) >= 11 is 1.44. The molecule has 27 heavy (non-hydrogen) atoms. The van der Waals surface area contributed by atoms with Crippen molar-refractivity contribution < 1.29 is 22.6 Å². The van der Waals surface area contributed by atoms with Crippen molar-refractivity contribution in [2.24, 2.45) is 7.05 Å². The lowest BCUT2D eigenvalue weighted by Gasteiger charge is -2.09. The SMILES string of the molecule is COc1ccc(-c2nnc(SCc3ccc(OC(F)(F)F)cc3)n2C)cc1. The molecule has 0 bridgehead atoms. The Hall–Kier alpha value is -2.68. The molecule has 5 nitrogen and oxygen atoms in total. The van der Waals surface area contributed by atoms with Gasteiger partial charge in [0.15, 0.2) is 11.0 Å². The summed E-state index contributed by atoms with van der Waals surface area (Å²) < 4.78 is 47.4. The van der Waals surface area contributed by atoms with E-state index in [4.69, 9.17) is 4.74 Å². The minimum absolute atomic E-state index is 0.239. The fourth-order valence-electron chi connectivity index (χ4n) is 2.37. The topological polar surface area (TPSA) is 49.2 Å². The Morgan fingerprint density at radius 3 is 2.19 bits per heavy atom. The minimum Gasteiger partial charge on any atom is -0.497 e. The van der Waals surface area contributed by atoms with E-state index in [1.807, 2.05) is 35.9 Å². The van der Waals surface area contributed by atoms with Gasteiger partial charge in [0, 0.05) is 18.4 Å². The average Bonchev–Trinajstić information content (AvgIpc) is 3.00. The summed E-state index contributed by atoms with van der Waals surface area (Å²) in [6, 6.07) is 13.3. The van der Waals surface area contributed by atoms with Gasteiger partial charge in [0.05, 0.1) is 7.11 Å². The largest absolute Gasteiger partial charge is 0.573 e. The maximum Gasteiger partial charge on any atom is 0.573 e. The highest BCUT2D eigenvalue weighted by atomic mass is 32.2. The van der Waals surface area contributed by atoms with Crippen molar-refractivity contribution >= 4 is 11.8 Å². The van der Waals surface area contributed by atoms with E-state index in [9.17, 15) is 13.2 Å². The van der Waals surface area contributed by atoms with Crippen molar-refractivity contribution in [2.45, 2.75) is 17.3 Å². The van der Waals surface area contributed by atoms with Crippen LogP contribution in [0.1, 0.15) is 5.56 Å². The van der Waals surface area contributed by atoms with Gasteiger partial charge in [0.1, 0.15) is 11.5 Å². The van der Waals surface area contributed by atoms with Gasteiger partial charge in [-0.2, -0.15) is 0 Å². The second kappa shape index (κ2) is 7.91. The number of halogens is 3. The lowest BCUT2D eigenvalue weighted by Crippen LogP contribution is -2.16. The van der Waals surface area contributed by atoms with Crippen LogP contribution >= 0.6 is 11.8 Å². The maximum atomic E-state index is 12.2. The molecular formula is C18H16F3N3O2S. The van der Waals surface area contributed by atoms with Gasteiger partial charge in [-0.05, 0) is 42.0 Å². The van der Waals surface area contributed by atoms with Crippen LogP contribution in [-0.4, -0.2) is 28.2 Å². The molecule has 0 aliphatic carbocycles. The van der Waals surface area contributed by atoms with E-state index < -0.39 is 6.36 Å². The number of methoxy groups -OCH3 is 1. The molecule has 0 unspecified atom stereocenters. The van der Waals surface area contributed by atoms with E-state index in [-0.39, 0.29) is 5.75 Å². The summed E-state index contributed by atoms with van der Waals surface area (Å²) in [7, 11) is 3.47. The van der Waals surface area contributed by atoms with E-state index in [0.717, 1.165) is 16.9 Å². The van der Waals surface area contributed by atoms with Gasteiger partial charge in [-0.25, -0.2) is 0 Å². The molecule has 3 rings (SSSR count). The molecule has 0 aliphatic heterocycles. The normalized spacial score (nSPS) is 11.4. The van der Waals surface area contributed by atoms with Crippen LogP contribution in [0, 0.1) is 0 Å². The predicted octanol–water partition coefficient (Wildman–Crippen LogP) is 4.68. The third-order valence-corrected chi connectivity index (χ3v) is 4.80. The molecule has 142 valence electrons. The number of hydrogen-bond acceptors (Lipinski definition) is 5. The van der Waals surface area contributed by atoms with Crippen molar-refractivity contribution in [1.29, 1.82) is 0 Å². The fraction of sp³-hybridized carbons (Fsp3) is 0.222. The second-order valence-corrected chi connectivity index (χ2v) is 6.52. The molecule has 0 atom stereocenters. The molecule has 1 heterocycles. The van der Waals surface area contributed by atoms with Gasteiger partial charge < -0.3 is 14.0 Å². The van der Waals surface area contributed by atoms with E-state index in [0.29, 0.717) is 16.7 Å². The van der Waals surface area contributed by atoms with Crippen LogP contribution in [0.2, 0.25) is 0 Å². The van der Waals surface area contributed by atoms with Crippen LogP contribution in [0.4, 0.5) is 13.2 Å². The highest BCUT2D eigenvalue weighted by Gasteiger charge is 2.30. The Morgan fingerprint density at radius 2 is 1.59 bits per heavy atom. The smallest absolute Gasteiger partial charge is 0.497 e. The average molecular weight is 395 g/mol. The number of thioether (sulfide) groups is 1. The van der Waals surface area contributed by atoms with Crippen molar-refractivity contribution in [3.63, 3.8) is 0 Å². The lowest BCUT2D eigenvalue weighted by atomic mass is 10.2.